The highest BCUT2D eigenvalue weighted by atomic mass is 16.6. The van der Waals surface area contributed by atoms with E-state index < -0.39 is 0 Å². The molecule has 8 nitrogen and oxygen atoms in total. The summed E-state index contributed by atoms with van der Waals surface area (Å²) in [6.45, 7) is 3.22. The second-order valence-corrected chi connectivity index (χ2v) is 7.47. The third kappa shape index (κ3) is 8.11. The van der Waals surface area contributed by atoms with Crippen molar-refractivity contribution in [3.63, 3.8) is 0 Å². The SMILES string of the molecule is C1=C\Oc2ccccc2OCCOc2ccccc2OCCOCCOCCOc2ccccc2O/1. The van der Waals surface area contributed by atoms with Gasteiger partial charge in [-0.1, -0.05) is 36.4 Å². The van der Waals surface area contributed by atoms with Gasteiger partial charge < -0.3 is 37.9 Å². The molecule has 3 aromatic carbocycles. The Hall–Kier alpha value is -3.88. The Kier molecular flexibility index (Phi) is 10.2. The van der Waals surface area contributed by atoms with Crippen LogP contribution in [0.3, 0.4) is 0 Å². The normalized spacial score (nSPS) is 16.8. The highest BCUT2D eigenvalue weighted by Gasteiger charge is 2.07. The highest BCUT2D eigenvalue weighted by Crippen LogP contribution is 2.29. The predicted octanol–water partition coefficient (Wildman–Crippen LogP) is 4.88. The van der Waals surface area contributed by atoms with E-state index in [2.05, 4.69) is 0 Å². The van der Waals surface area contributed by atoms with E-state index in [4.69, 9.17) is 37.9 Å². The van der Waals surface area contributed by atoms with Gasteiger partial charge in [-0.05, 0) is 36.4 Å². The van der Waals surface area contributed by atoms with Crippen molar-refractivity contribution in [2.75, 3.05) is 52.9 Å². The molecule has 0 bridgehead atoms. The van der Waals surface area contributed by atoms with Crippen LogP contribution in [0.15, 0.2) is 85.3 Å². The van der Waals surface area contributed by atoms with E-state index in [-0.39, 0.29) is 0 Å². The Morgan fingerprint density at radius 1 is 0.333 bits per heavy atom. The van der Waals surface area contributed by atoms with E-state index in [1.54, 1.807) is 0 Å². The van der Waals surface area contributed by atoms with E-state index in [0.717, 1.165) is 0 Å². The maximum atomic E-state index is 5.88. The van der Waals surface area contributed by atoms with Gasteiger partial charge in [0.25, 0.3) is 0 Å². The maximum absolute atomic E-state index is 5.88. The molecule has 0 saturated carbocycles. The Labute approximate surface area is 210 Å². The van der Waals surface area contributed by atoms with Gasteiger partial charge >= 0.3 is 0 Å². The smallest absolute Gasteiger partial charge is 0.168 e. The van der Waals surface area contributed by atoms with Crippen molar-refractivity contribution in [1.29, 1.82) is 0 Å². The molecule has 4 rings (SSSR count). The van der Waals surface area contributed by atoms with Crippen molar-refractivity contribution >= 4 is 0 Å². The zero-order valence-electron chi connectivity index (χ0n) is 20.0. The van der Waals surface area contributed by atoms with Crippen molar-refractivity contribution < 1.29 is 37.9 Å². The van der Waals surface area contributed by atoms with Gasteiger partial charge in [-0.3, -0.25) is 0 Å². The largest absolute Gasteiger partial charge is 0.487 e. The first kappa shape index (κ1) is 25.2. The van der Waals surface area contributed by atoms with Crippen molar-refractivity contribution in [2.45, 2.75) is 0 Å². The van der Waals surface area contributed by atoms with Crippen LogP contribution in [0.5, 0.6) is 34.5 Å². The number of ether oxygens (including phenoxy) is 8. The molecular weight excluding hydrogens is 464 g/mol. The van der Waals surface area contributed by atoms with Crippen LogP contribution in [-0.4, -0.2) is 52.9 Å². The first-order valence-electron chi connectivity index (χ1n) is 11.8. The lowest BCUT2D eigenvalue weighted by atomic mass is 10.3. The second kappa shape index (κ2) is 14.5. The van der Waals surface area contributed by atoms with E-state index in [1.165, 1.54) is 12.5 Å². The van der Waals surface area contributed by atoms with Gasteiger partial charge in [0.1, 0.15) is 39.0 Å². The van der Waals surface area contributed by atoms with E-state index in [9.17, 15) is 0 Å². The Bertz CT molecular complexity index is 1080. The van der Waals surface area contributed by atoms with Gasteiger partial charge in [-0.15, -0.1) is 0 Å². The lowest BCUT2D eigenvalue weighted by Gasteiger charge is -2.14. The topological polar surface area (TPSA) is 73.8 Å². The van der Waals surface area contributed by atoms with Gasteiger partial charge in [0.05, 0.1) is 26.4 Å². The lowest BCUT2D eigenvalue weighted by Crippen LogP contribution is -2.14. The third-order valence-corrected chi connectivity index (χ3v) is 4.93. The van der Waals surface area contributed by atoms with Gasteiger partial charge in [0, 0.05) is 0 Å². The van der Waals surface area contributed by atoms with Crippen LogP contribution in [-0.2, 0) is 9.47 Å². The molecule has 0 fully saturated rings. The first-order chi connectivity index (χ1) is 17.9. The van der Waals surface area contributed by atoms with Crippen LogP contribution in [0.1, 0.15) is 0 Å². The lowest BCUT2D eigenvalue weighted by molar-refractivity contribution is 0.0268. The quantitative estimate of drug-likeness (QED) is 0.438. The van der Waals surface area contributed by atoms with Crippen molar-refractivity contribution in [3.8, 4) is 34.5 Å². The average molecular weight is 495 g/mol. The molecule has 0 N–H and O–H groups in total. The van der Waals surface area contributed by atoms with Crippen LogP contribution in [0.25, 0.3) is 0 Å². The van der Waals surface area contributed by atoms with Crippen LogP contribution in [0, 0.1) is 0 Å². The van der Waals surface area contributed by atoms with Crippen molar-refractivity contribution in [2.24, 2.45) is 0 Å². The molecule has 1 heterocycles. The average Bonchev–Trinajstić information content (AvgIpc) is 2.91. The van der Waals surface area contributed by atoms with Crippen LogP contribution < -0.4 is 28.4 Å². The molecule has 0 amide bonds. The fourth-order valence-electron chi connectivity index (χ4n) is 3.27. The van der Waals surface area contributed by atoms with E-state index in [0.29, 0.717) is 87.4 Å². The molecule has 1 aliphatic rings. The number of hydrogen-bond acceptors (Lipinski definition) is 8. The predicted molar refractivity (Wildman–Crippen MR) is 133 cm³/mol. The number of hydrogen-bond donors (Lipinski definition) is 0. The van der Waals surface area contributed by atoms with Crippen molar-refractivity contribution in [3.05, 3.63) is 85.3 Å². The van der Waals surface area contributed by atoms with Crippen LogP contribution >= 0.6 is 0 Å². The maximum Gasteiger partial charge on any atom is 0.168 e. The fourth-order valence-corrected chi connectivity index (χ4v) is 3.27. The van der Waals surface area contributed by atoms with Gasteiger partial charge in [-0.25, -0.2) is 0 Å². The molecule has 8 heteroatoms. The summed E-state index contributed by atoms with van der Waals surface area (Å²) in [4.78, 5) is 0. The molecular formula is C28H30O8. The van der Waals surface area contributed by atoms with E-state index in [1.807, 2.05) is 72.8 Å². The summed E-state index contributed by atoms with van der Waals surface area (Å²) in [7, 11) is 0. The summed E-state index contributed by atoms with van der Waals surface area (Å²) >= 11 is 0. The second-order valence-electron chi connectivity index (χ2n) is 7.47. The summed E-state index contributed by atoms with van der Waals surface area (Å²) in [5, 5.41) is 0. The molecule has 36 heavy (non-hydrogen) atoms. The van der Waals surface area contributed by atoms with Gasteiger partial charge in [-0.2, -0.15) is 0 Å². The zero-order chi connectivity index (χ0) is 24.7. The number of rotatable bonds is 0. The molecule has 0 radical (unpaired) electrons. The molecule has 0 unspecified atom stereocenters. The van der Waals surface area contributed by atoms with Gasteiger partial charge in [0.15, 0.2) is 34.5 Å². The highest BCUT2D eigenvalue weighted by molar-refractivity contribution is 5.41. The number of para-hydroxylation sites is 6. The zero-order valence-corrected chi connectivity index (χ0v) is 20.0. The first-order valence-corrected chi connectivity index (χ1v) is 11.8. The number of fused-ring (bicyclic) bond motifs is 3. The minimum atomic E-state index is 0.322. The van der Waals surface area contributed by atoms with Gasteiger partial charge in [0.2, 0.25) is 0 Å². The minimum absolute atomic E-state index is 0.322. The Morgan fingerprint density at radius 2 is 0.611 bits per heavy atom. The molecule has 0 aromatic heterocycles. The Balaban J connectivity index is 1.40. The summed E-state index contributed by atoms with van der Waals surface area (Å²) < 4.78 is 46.0. The molecule has 0 saturated heterocycles. The fraction of sp³-hybridized carbons (Fsp3) is 0.286. The number of benzene rings is 3. The Morgan fingerprint density at radius 3 is 1.00 bits per heavy atom. The monoisotopic (exact) mass is 494 g/mol. The van der Waals surface area contributed by atoms with Crippen LogP contribution in [0.2, 0.25) is 0 Å². The van der Waals surface area contributed by atoms with Crippen LogP contribution in [0.4, 0.5) is 0 Å². The molecule has 0 aliphatic carbocycles. The molecule has 0 atom stereocenters. The van der Waals surface area contributed by atoms with Crippen molar-refractivity contribution in [1.82, 2.24) is 0 Å². The van der Waals surface area contributed by atoms with E-state index >= 15 is 0 Å². The summed E-state index contributed by atoms with van der Waals surface area (Å²) in [6.07, 6.45) is 2.90. The summed E-state index contributed by atoms with van der Waals surface area (Å²) in [5.74, 6) is 3.61. The standard InChI is InChI=1S/C28H30O8/c1-3-9-25-23(7-1)31-17-15-29-13-14-30-16-18-32-24-8-2-4-10-26(24)34-20-22-36-28-12-6-5-11-27(28)35-21-19-33-25/h1-12,19,21H,13-18,20,22H2/b21-19-. The molecule has 0 spiro atoms. The molecule has 1 aliphatic heterocycles. The summed E-state index contributed by atoms with van der Waals surface area (Å²) in [5.41, 5.74) is 0. The summed E-state index contributed by atoms with van der Waals surface area (Å²) in [6, 6.07) is 22.3. The molecule has 190 valence electrons. The minimum Gasteiger partial charge on any atom is -0.487 e. The third-order valence-electron chi connectivity index (χ3n) is 4.93. The molecule has 3 aromatic rings.